The molecule has 37 heavy (non-hydrogen) atoms. The Hall–Kier alpha value is -2.87. The van der Waals surface area contributed by atoms with Crippen LogP contribution < -0.4 is 9.62 Å². The third kappa shape index (κ3) is 9.18. The van der Waals surface area contributed by atoms with Crippen LogP contribution in [0.15, 0.2) is 48.5 Å². The lowest BCUT2D eigenvalue weighted by molar-refractivity contribution is -0.141. The van der Waals surface area contributed by atoms with E-state index in [9.17, 15) is 18.0 Å². The molecule has 0 aromatic heterocycles. The molecule has 2 atom stereocenters. The Morgan fingerprint density at radius 3 is 2.19 bits per heavy atom. The fraction of sp³-hybridized carbons (Fsp3) is 0.517. The van der Waals surface area contributed by atoms with Crippen LogP contribution in [0.4, 0.5) is 5.69 Å². The van der Waals surface area contributed by atoms with Crippen molar-refractivity contribution < 1.29 is 18.0 Å². The van der Waals surface area contributed by atoms with Gasteiger partial charge in [-0.3, -0.25) is 13.9 Å². The van der Waals surface area contributed by atoms with Gasteiger partial charge in [0.05, 0.1) is 11.9 Å². The summed E-state index contributed by atoms with van der Waals surface area (Å²) in [4.78, 5) is 28.2. The van der Waals surface area contributed by atoms with Gasteiger partial charge in [0.15, 0.2) is 0 Å². The standard InChI is InChI=1S/C29H43N3O4S/c1-7-24(5)30-29(34)27(8-2)31(20-18-25-13-10-9-11-14-25)28(33)15-12-19-32(37(6,35)36)26-17-16-22(3)23(4)21-26/h9-11,13-14,16-17,21,24,27H,7-8,12,15,18-20H2,1-6H3,(H,30,34). The molecule has 0 fully saturated rings. The number of anilines is 1. The van der Waals surface area contributed by atoms with Crippen molar-refractivity contribution in [2.75, 3.05) is 23.7 Å². The van der Waals surface area contributed by atoms with Gasteiger partial charge in [-0.25, -0.2) is 8.42 Å². The van der Waals surface area contributed by atoms with Crippen molar-refractivity contribution in [2.45, 2.75) is 78.8 Å². The molecule has 0 radical (unpaired) electrons. The number of nitrogens with one attached hydrogen (secondary N) is 1. The van der Waals surface area contributed by atoms with E-state index in [4.69, 9.17) is 0 Å². The fourth-order valence-electron chi connectivity index (χ4n) is 4.22. The average Bonchev–Trinajstić information content (AvgIpc) is 2.85. The summed E-state index contributed by atoms with van der Waals surface area (Å²) in [6.45, 7) is 10.4. The molecular formula is C29H43N3O4S. The molecule has 0 aliphatic rings. The molecule has 7 nitrogen and oxygen atoms in total. The Bertz CT molecular complexity index is 1140. The molecule has 2 aromatic rings. The van der Waals surface area contributed by atoms with Crippen molar-refractivity contribution in [1.29, 1.82) is 0 Å². The molecule has 0 spiro atoms. The van der Waals surface area contributed by atoms with E-state index in [1.165, 1.54) is 10.6 Å². The zero-order chi connectivity index (χ0) is 27.6. The molecule has 0 saturated carbocycles. The Labute approximate surface area is 223 Å². The minimum atomic E-state index is -3.52. The Balaban J connectivity index is 2.18. The van der Waals surface area contributed by atoms with Gasteiger partial charge in [-0.05, 0) is 75.3 Å². The molecule has 8 heteroatoms. The van der Waals surface area contributed by atoms with Crippen LogP contribution in [-0.4, -0.2) is 56.6 Å². The number of amides is 2. The number of nitrogens with zero attached hydrogens (tertiary/aromatic N) is 2. The van der Waals surface area contributed by atoms with E-state index in [-0.39, 0.29) is 30.8 Å². The molecule has 0 saturated heterocycles. The number of rotatable bonds is 14. The second-order valence-corrected chi connectivity index (χ2v) is 11.7. The molecule has 0 aliphatic heterocycles. The minimum Gasteiger partial charge on any atom is -0.352 e. The summed E-state index contributed by atoms with van der Waals surface area (Å²) in [5, 5.41) is 3.02. The highest BCUT2D eigenvalue weighted by molar-refractivity contribution is 7.92. The predicted molar refractivity (Wildman–Crippen MR) is 151 cm³/mol. The van der Waals surface area contributed by atoms with E-state index >= 15 is 0 Å². The highest BCUT2D eigenvalue weighted by Crippen LogP contribution is 2.22. The summed E-state index contributed by atoms with van der Waals surface area (Å²) < 4.78 is 26.5. The maximum atomic E-state index is 13.5. The lowest BCUT2D eigenvalue weighted by Gasteiger charge is -2.32. The van der Waals surface area contributed by atoms with Crippen LogP contribution in [0.3, 0.4) is 0 Å². The van der Waals surface area contributed by atoms with Gasteiger partial charge in [0.1, 0.15) is 6.04 Å². The minimum absolute atomic E-state index is 0.0221. The molecule has 0 heterocycles. The number of sulfonamides is 1. The molecule has 2 rings (SSSR count). The number of carbonyl (C=O) groups is 2. The first-order valence-corrected chi connectivity index (χ1v) is 15.0. The number of benzene rings is 2. The Morgan fingerprint density at radius 2 is 1.62 bits per heavy atom. The lowest BCUT2D eigenvalue weighted by atomic mass is 10.1. The maximum absolute atomic E-state index is 13.5. The largest absolute Gasteiger partial charge is 0.352 e. The smallest absolute Gasteiger partial charge is 0.243 e. The second kappa shape index (κ2) is 14.2. The molecule has 2 unspecified atom stereocenters. The first kappa shape index (κ1) is 30.4. The fourth-order valence-corrected chi connectivity index (χ4v) is 5.18. The monoisotopic (exact) mass is 529 g/mol. The summed E-state index contributed by atoms with van der Waals surface area (Å²) in [6, 6.07) is 14.9. The molecule has 204 valence electrons. The van der Waals surface area contributed by atoms with E-state index < -0.39 is 16.1 Å². The first-order valence-electron chi connectivity index (χ1n) is 13.2. The third-order valence-corrected chi connectivity index (χ3v) is 8.00. The van der Waals surface area contributed by atoms with E-state index in [0.717, 1.165) is 23.1 Å². The number of hydrogen-bond acceptors (Lipinski definition) is 4. The number of hydrogen-bond donors (Lipinski definition) is 1. The molecule has 2 amide bonds. The predicted octanol–water partition coefficient (Wildman–Crippen LogP) is 4.61. The van der Waals surface area contributed by atoms with Gasteiger partial charge in [-0.1, -0.05) is 50.2 Å². The van der Waals surface area contributed by atoms with Crippen LogP contribution in [0, 0.1) is 13.8 Å². The molecule has 2 aromatic carbocycles. The first-order chi connectivity index (χ1) is 17.5. The van der Waals surface area contributed by atoms with Crippen molar-refractivity contribution in [1.82, 2.24) is 10.2 Å². The number of aryl methyl sites for hydroxylation is 2. The van der Waals surface area contributed by atoms with Crippen LogP contribution in [0.2, 0.25) is 0 Å². The highest BCUT2D eigenvalue weighted by atomic mass is 32.2. The van der Waals surface area contributed by atoms with Gasteiger partial charge in [0.25, 0.3) is 0 Å². The summed E-state index contributed by atoms with van der Waals surface area (Å²) in [6.07, 6.45) is 3.63. The van der Waals surface area contributed by atoms with Crippen molar-refractivity contribution in [3.8, 4) is 0 Å². The van der Waals surface area contributed by atoms with Gasteiger partial charge in [0, 0.05) is 25.6 Å². The van der Waals surface area contributed by atoms with E-state index in [1.54, 1.807) is 11.0 Å². The zero-order valence-corrected chi connectivity index (χ0v) is 24.0. The third-order valence-electron chi connectivity index (χ3n) is 6.80. The van der Waals surface area contributed by atoms with Gasteiger partial charge >= 0.3 is 0 Å². The molecule has 1 N–H and O–H groups in total. The average molecular weight is 530 g/mol. The van der Waals surface area contributed by atoms with E-state index in [2.05, 4.69) is 5.32 Å². The van der Waals surface area contributed by atoms with E-state index in [1.807, 2.05) is 77.1 Å². The topological polar surface area (TPSA) is 86.8 Å². The van der Waals surface area contributed by atoms with Crippen molar-refractivity contribution in [3.05, 3.63) is 65.2 Å². The van der Waals surface area contributed by atoms with E-state index in [0.29, 0.717) is 31.5 Å². The summed E-state index contributed by atoms with van der Waals surface area (Å²) in [5.41, 5.74) is 3.78. The number of carbonyl (C=O) groups excluding carboxylic acids is 2. The molecule has 0 bridgehead atoms. The van der Waals surface area contributed by atoms with Crippen LogP contribution in [0.1, 0.15) is 63.1 Å². The van der Waals surface area contributed by atoms with Gasteiger partial charge in [0.2, 0.25) is 21.8 Å². The van der Waals surface area contributed by atoms with Gasteiger partial charge in [-0.15, -0.1) is 0 Å². The van der Waals surface area contributed by atoms with Crippen molar-refractivity contribution >= 4 is 27.5 Å². The maximum Gasteiger partial charge on any atom is 0.243 e. The van der Waals surface area contributed by atoms with Gasteiger partial charge in [-0.2, -0.15) is 0 Å². The lowest BCUT2D eigenvalue weighted by Crippen LogP contribution is -2.51. The van der Waals surface area contributed by atoms with Crippen LogP contribution in [0.25, 0.3) is 0 Å². The van der Waals surface area contributed by atoms with Crippen LogP contribution >= 0.6 is 0 Å². The van der Waals surface area contributed by atoms with Crippen molar-refractivity contribution in [3.63, 3.8) is 0 Å². The Morgan fingerprint density at radius 1 is 0.946 bits per heavy atom. The van der Waals surface area contributed by atoms with Gasteiger partial charge < -0.3 is 10.2 Å². The van der Waals surface area contributed by atoms with Crippen molar-refractivity contribution in [2.24, 2.45) is 0 Å². The highest BCUT2D eigenvalue weighted by Gasteiger charge is 2.29. The summed E-state index contributed by atoms with van der Waals surface area (Å²) in [7, 11) is -3.52. The second-order valence-electron chi connectivity index (χ2n) is 9.77. The Kier molecular flexibility index (Phi) is 11.6. The SMILES string of the molecule is CCC(C)NC(=O)C(CC)N(CCc1ccccc1)C(=O)CCCN(c1ccc(C)c(C)c1)S(C)(=O)=O. The van der Waals surface area contributed by atoms with Crippen LogP contribution in [-0.2, 0) is 26.0 Å². The van der Waals surface area contributed by atoms with Crippen LogP contribution in [0.5, 0.6) is 0 Å². The normalized spacial score (nSPS) is 13.0. The molecule has 0 aliphatic carbocycles. The molecular weight excluding hydrogens is 486 g/mol. The summed E-state index contributed by atoms with van der Waals surface area (Å²) >= 11 is 0. The summed E-state index contributed by atoms with van der Waals surface area (Å²) in [5.74, 6) is -0.290. The zero-order valence-electron chi connectivity index (χ0n) is 23.2. The quantitative estimate of drug-likeness (QED) is 0.387.